The van der Waals surface area contributed by atoms with Crippen molar-refractivity contribution < 1.29 is 14.4 Å². The molecule has 1 fully saturated rings. The van der Waals surface area contributed by atoms with Gasteiger partial charge in [0.15, 0.2) is 0 Å². The third kappa shape index (κ3) is 3.66. The minimum absolute atomic E-state index is 0.00191. The molecule has 0 spiro atoms. The van der Waals surface area contributed by atoms with Crippen molar-refractivity contribution in [2.75, 3.05) is 26.3 Å². The third-order valence-corrected chi connectivity index (χ3v) is 2.97. The number of nitrogens with one attached hydrogen (secondary N) is 1. The van der Waals surface area contributed by atoms with Crippen molar-refractivity contribution >= 4 is 21.6 Å². The van der Waals surface area contributed by atoms with E-state index < -0.39 is 4.92 Å². The van der Waals surface area contributed by atoms with Gasteiger partial charge >= 0.3 is 0 Å². The summed E-state index contributed by atoms with van der Waals surface area (Å²) in [4.78, 5) is 10.3. The summed E-state index contributed by atoms with van der Waals surface area (Å²) in [5.41, 5.74) is 0.00191. The van der Waals surface area contributed by atoms with Crippen LogP contribution in [0.3, 0.4) is 0 Å². The lowest BCUT2D eigenvalue weighted by Crippen LogP contribution is -2.41. The van der Waals surface area contributed by atoms with Crippen molar-refractivity contribution in [3.63, 3.8) is 0 Å². The van der Waals surface area contributed by atoms with Crippen molar-refractivity contribution in [3.05, 3.63) is 32.8 Å². The van der Waals surface area contributed by atoms with Gasteiger partial charge < -0.3 is 14.8 Å². The molecule has 18 heavy (non-hydrogen) atoms. The molecule has 1 heterocycles. The van der Waals surface area contributed by atoms with Crippen molar-refractivity contribution in [3.8, 4) is 5.75 Å². The van der Waals surface area contributed by atoms with Crippen LogP contribution in [0.2, 0.25) is 0 Å². The number of hydrogen-bond acceptors (Lipinski definition) is 5. The largest absolute Gasteiger partial charge is 0.491 e. The Kier molecular flexibility index (Phi) is 4.51. The van der Waals surface area contributed by atoms with Gasteiger partial charge in [-0.25, -0.2) is 0 Å². The zero-order chi connectivity index (χ0) is 13.0. The zero-order valence-corrected chi connectivity index (χ0v) is 11.2. The third-order valence-electron chi connectivity index (χ3n) is 2.51. The van der Waals surface area contributed by atoms with E-state index in [9.17, 15) is 10.1 Å². The average molecular weight is 317 g/mol. The second-order valence-corrected chi connectivity index (χ2v) is 4.83. The van der Waals surface area contributed by atoms with Crippen molar-refractivity contribution in [1.29, 1.82) is 0 Å². The van der Waals surface area contributed by atoms with Crippen molar-refractivity contribution in [2.24, 2.45) is 0 Å². The molecule has 1 saturated heterocycles. The molecule has 6 nitrogen and oxygen atoms in total. The summed E-state index contributed by atoms with van der Waals surface area (Å²) in [7, 11) is 0. The molecule has 0 bridgehead atoms. The summed E-state index contributed by atoms with van der Waals surface area (Å²) in [6.07, 6.45) is -0.0169. The lowest BCUT2D eigenvalue weighted by atomic mass is 10.3. The minimum atomic E-state index is -0.448. The van der Waals surface area contributed by atoms with Crippen LogP contribution < -0.4 is 10.1 Å². The van der Waals surface area contributed by atoms with Crippen LogP contribution in [0.4, 0.5) is 5.69 Å². The zero-order valence-electron chi connectivity index (χ0n) is 9.60. The smallest absolute Gasteiger partial charge is 0.274 e. The van der Waals surface area contributed by atoms with E-state index in [1.807, 2.05) is 0 Å². The summed E-state index contributed by atoms with van der Waals surface area (Å²) in [6, 6.07) is 4.54. The van der Waals surface area contributed by atoms with Crippen LogP contribution in [0.5, 0.6) is 5.75 Å². The first kappa shape index (κ1) is 13.3. The topological polar surface area (TPSA) is 73.6 Å². The fraction of sp³-hybridized carbons (Fsp3) is 0.455. The summed E-state index contributed by atoms with van der Waals surface area (Å²) in [5.74, 6) is 0.463. The van der Waals surface area contributed by atoms with Gasteiger partial charge in [-0.2, -0.15) is 0 Å². The Morgan fingerprint density at radius 1 is 1.56 bits per heavy atom. The number of benzene rings is 1. The van der Waals surface area contributed by atoms with Gasteiger partial charge in [-0.3, -0.25) is 10.1 Å². The normalized spacial score (nSPS) is 19.5. The highest BCUT2D eigenvalue weighted by Crippen LogP contribution is 2.26. The maximum absolute atomic E-state index is 10.7. The van der Waals surface area contributed by atoms with E-state index >= 15 is 0 Å². The lowest BCUT2D eigenvalue weighted by molar-refractivity contribution is -0.385. The van der Waals surface area contributed by atoms with E-state index in [1.54, 1.807) is 6.07 Å². The lowest BCUT2D eigenvalue weighted by Gasteiger charge is -2.23. The minimum Gasteiger partial charge on any atom is -0.491 e. The van der Waals surface area contributed by atoms with Crippen LogP contribution in [-0.4, -0.2) is 37.3 Å². The molecule has 0 saturated carbocycles. The Hall–Kier alpha value is -1.18. The predicted molar refractivity (Wildman–Crippen MR) is 68.9 cm³/mol. The molecule has 1 aromatic carbocycles. The fourth-order valence-electron chi connectivity index (χ4n) is 1.65. The second-order valence-electron chi connectivity index (χ2n) is 3.91. The van der Waals surface area contributed by atoms with E-state index in [1.165, 1.54) is 12.1 Å². The van der Waals surface area contributed by atoms with Gasteiger partial charge in [0.1, 0.15) is 18.5 Å². The summed E-state index contributed by atoms with van der Waals surface area (Å²) >= 11 is 3.22. The van der Waals surface area contributed by atoms with Crippen LogP contribution >= 0.6 is 15.9 Å². The Bertz CT molecular complexity index is 435. The van der Waals surface area contributed by atoms with Crippen LogP contribution in [0.1, 0.15) is 0 Å². The number of nitrogens with zero attached hydrogens (tertiary/aromatic N) is 1. The monoisotopic (exact) mass is 316 g/mol. The molecule has 1 aliphatic heterocycles. The van der Waals surface area contributed by atoms with Gasteiger partial charge in [0.25, 0.3) is 5.69 Å². The highest BCUT2D eigenvalue weighted by atomic mass is 79.9. The van der Waals surface area contributed by atoms with E-state index in [-0.39, 0.29) is 11.8 Å². The highest BCUT2D eigenvalue weighted by Gasteiger charge is 2.15. The predicted octanol–water partition coefficient (Wildman–Crippen LogP) is 1.72. The van der Waals surface area contributed by atoms with Crippen LogP contribution in [0, 0.1) is 10.1 Å². The molecule has 0 aliphatic carbocycles. The van der Waals surface area contributed by atoms with E-state index in [2.05, 4.69) is 21.2 Å². The number of halogens is 1. The van der Waals surface area contributed by atoms with E-state index in [4.69, 9.17) is 9.47 Å². The quantitative estimate of drug-likeness (QED) is 0.676. The van der Waals surface area contributed by atoms with Crippen LogP contribution in [-0.2, 0) is 4.74 Å². The van der Waals surface area contributed by atoms with Gasteiger partial charge in [-0.15, -0.1) is 0 Å². The van der Waals surface area contributed by atoms with Gasteiger partial charge in [-0.1, -0.05) is 15.9 Å². The second kappa shape index (κ2) is 6.12. The SMILES string of the molecule is O=[N+]([O-])c1cc(Br)cc(OCC2CNCCO2)c1. The summed E-state index contributed by atoms with van der Waals surface area (Å²) in [6.45, 7) is 2.61. The average Bonchev–Trinajstić information content (AvgIpc) is 2.37. The number of morpholine rings is 1. The van der Waals surface area contributed by atoms with Gasteiger partial charge in [0.2, 0.25) is 0 Å². The van der Waals surface area contributed by atoms with Crippen molar-refractivity contribution in [2.45, 2.75) is 6.10 Å². The number of rotatable bonds is 4. The van der Waals surface area contributed by atoms with Crippen molar-refractivity contribution in [1.82, 2.24) is 5.32 Å². The molecule has 1 unspecified atom stereocenters. The molecule has 7 heteroatoms. The molecular weight excluding hydrogens is 304 g/mol. The Balaban J connectivity index is 1.97. The number of nitro groups is 1. The van der Waals surface area contributed by atoms with Gasteiger partial charge in [0.05, 0.1) is 17.6 Å². The van der Waals surface area contributed by atoms with E-state index in [0.29, 0.717) is 23.4 Å². The molecule has 0 amide bonds. The molecule has 2 rings (SSSR count). The first-order chi connectivity index (χ1) is 8.65. The number of ether oxygens (including phenoxy) is 2. The molecule has 1 atom stereocenters. The number of non-ortho nitro benzene ring substituents is 1. The van der Waals surface area contributed by atoms with Gasteiger partial charge in [-0.05, 0) is 6.07 Å². The molecule has 1 N–H and O–H groups in total. The van der Waals surface area contributed by atoms with E-state index in [0.717, 1.165) is 13.1 Å². The standard InChI is InChI=1S/C11H13BrN2O4/c12-8-3-9(14(15)16)5-10(4-8)18-7-11-6-13-1-2-17-11/h3-5,11,13H,1-2,6-7H2. The Labute approximate surface area is 113 Å². The summed E-state index contributed by atoms with van der Waals surface area (Å²) < 4.78 is 11.6. The fourth-order valence-corrected chi connectivity index (χ4v) is 2.11. The molecule has 1 aromatic rings. The first-order valence-electron chi connectivity index (χ1n) is 5.55. The molecule has 0 radical (unpaired) electrons. The first-order valence-corrected chi connectivity index (χ1v) is 6.34. The Morgan fingerprint density at radius 3 is 3.06 bits per heavy atom. The number of nitro benzene ring substituents is 1. The molecule has 0 aromatic heterocycles. The summed E-state index contributed by atoms with van der Waals surface area (Å²) in [5, 5.41) is 13.9. The molecular formula is C11H13BrN2O4. The maximum Gasteiger partial charge on any atom is 0.274 e. The van der Waals surface area contributed by atoms with Crippen LogP contribution in [0.15, 0.2) is 22.7 Å². The molecule has 1 aliphatic rings. The highest BCUT2D eigenvalue weighted by molar-refractivity contribution is 9.10. The van der Waals surface area contributed by atoms with Crippen LogP contribution in [0.25, 0.3) is 0 Å². The Morgan fingerprint density at radius 2 is 2.39 bits per heavy atom. The van der Waals surface area contributed by atoms with Gasteiger partial charge in [0, 0.05) is 23.6 Å². The maximum atomic E-state index is 10.7. The molecule has 98 valence electrons. The number of hydrogen-bond donors (Lipinski definition) is 1.